The van der Waals surface area contributed by atoms with Gasteiger partial charge in [0.05, 0.1) is 0 Å². The Balaban J connectivity index is -0.000000107. The van der Waals surface area contributed by atoms with Gasteiger partial charge in [-0.05, 0) is 39.0 Å². The van der Waals surface area contributed by atoms with Crippen molar-refractivity contribution >= 4 is 0 Å². The van der Waals surface area contributed by atoms with Crippen molar-refractivity contribution in [3.63, 3.8) is 0 Å². The molecule has 0 saturated carbocycles. The minimum absolute atomic E-state index is 0. The first-order valence-electron chi connectivity index (χ1n) is 3.52. The molecule has 0 aliphatic rings. The summed E-state index contributed by atoms with van der Waals surface area (Å²) in [6, 6.07) is 0. The number of nitrogens with two attached hydrogens (primary N) is 2. The molecule has 0 heterocycles. The second-order valence-electron chi connectivity index (χ2n) is 2.03. The molecule has 0 unspecified atom stereocenters. The first-order chi connectivity index (χ1) is 4.41. The van der Waals surface area contributed by atoms with Crippen LogP contribution in [-0.4, -0.2) is 26.2 Å². The molecular formula is C6H17Br2CuN3. The van der Waals surface area contributed by atoms with Crippen LogP contribution in [0.15, 0.2) is 0 Å². The molecule has 0 rings (SSSR count). The Morgan fingerprint density at radius 3 is 1.42 bits per heavy atom. The van der Waals surface area contributed by atoms with Crippen molar-refractivity contribution in [3.8, 4) is 0 Å². The summed E-state index contributed by atoms with van der Waals surface area (Å²) in [6.07, 6.45) is 2.12. The summed E-state index contributed by atoms with van der Waals surface area (Å²) in [5.41, 5.74) is 10.6. The second-order valence-corrected chi connectivity index (χ2v) is 2.03. The van der Waals surface area contributed by atoms with E-state index < -0.39 is 0 Å². The molecule has 6 heteroatoms. The average Bonchev–Trinajstić information content (AvgIpc) is 1.89. The molecule has 1 radical (unpaired) electrons. The van der Waals surface area contributed by atoms with Crippen molar-refractivity contribution in [2.75, 3.05) is 26.2 Å². The van der Waals surface area contributed by atoms with Gasteiger partial charge in [0.1, 0.15) is 0 Å². The smallest absolute Gasteiger partial charge is 1.00 e. The summed E-state index contributed by atoms with van der Waals surface area (Å²) >= 11 is 0. The third kappa shape index (κ3) is 22.5. The molecule has 0 aliphatic heterocycles. The third-order valence-electron chi connectivity index (χ3n) is 1.12. The van der Waals surface area contributed by atoms with Gasteiger partial charge in [0.25, 0.3) is 0 Å². The number of nitrogens with one attached hydrogen (secondary N) is 1. The maximum Gasteiger partial charge on any atom is 2.00 e. The largest absolute Gasteiger partial charge is 2.00 e. The van der Waals surface area contributed by atoms with E-state index in [1.165, 1.54) is 0 Å². The van der Waals surface area contributed by atoms with Crippen LogP contribution in [0.3, 0.4) is 0 Å². The van der Waals surface area contributed by atoms with Crippen molar-refractivity contribution in [3.05, 3.63) is 0 Å². The fraction of sp³-hybridized carbons (Fsp3) is 1.00. The zero-order valence-electron chi connectivity index (χ0n) is 6.95. The Labute approximate surface area is 106 Å². The van der Waals surface area contributed by atoms with Gasteiger partial charge in [-0.2, -0.15) is 0 Å². The van der Waals surface area contributed by atoms with E-state index in [9.17, 15) is 0 Å². The van der Waals surface area contributed by atoms with E-state index in [1.807, 2.05) is 0 Å². The number of halogens is 2. The summed E-state index contributed by atoms with van der Waals surface area (Å²) in [4.78, 5) is 0. The van der Waals surface area contributed by atoms with Gasteiger partial charge in [-0.15, -0.1) is 0 Å². The molecule has 0 aromatic carbocycles. The number of hydrogen-bond acceptors (Lipinski definition) is 3. The van der Waals surface area contributed by atoms with Crippen molar-refractivity contribution < 1.29 is 51.0 Å². The zero-order chi connectivity index (χ0) is 6.95. The predicted molar refractivity (Wildman–Crippen MR) is 40.2 cm³/mol. The van der Waals surface area contributed by atoms with E-state index in [1.54, 1.807) is 0 Å². The average molecular weight is 355 g/mol. The minimum atomic E-state index is 0. The molecule has 0 saturated heterocycles. The fourth-order valence-electron chi connectivity index (χ4n) is 0.579. The van der Waals surface area contributed by atoms with Crippen LogP contribution >= 0.6 is 0 Å². The number of rotatable bonds is 6. The van der Waals surface area contributed by atoms with Gasteiger partial charge in [-0.3, -0.25) is 0 Å². The van der Waals surface area contributed by atoms with Crippen LogP contribution in [0, 0.1) is 0 Å². The molecule has 81 valence electrons. The van der Waals surface area contributed by atoms with Crippen LogP contribution in [0.4, 0.5) is 0 Å². The molecule has 0 aromatic rings. The summed E-state index contributed by atoms with van der Waals surface area (Å²) < 4.78 is 0. The summed E-state index contributed by atoms with van der Waals surface area (Å²) in [6.45, 7) is 3.60. The van der Waals surface area contributed by atoms with E-state index in [0.717, 1.165) is 39.0 Å². The van der Waals surface area contributed by atoms with Crippen molar-refractivity contribution in [2.24, 2.45) is 11.5 Å². The van der Waals surface area contributed by atoms with Gasteiger partial charge in [0.15, 0.2) is 0 Å². The van der Waals surface area contributed by atoms with E-state index in [0.29, 0.717) is 0 Å². The standard InChI is InChI=1S/C6H17N3.2BrH.Cu/c7-3-1-5-9-6-2-4-8;;;/h9H,1-8H2;2*1H;/q;;;+2/p-2. The van der Waals surface area contributed by atoms with E-state index in [2.05, 4.69) is 5.32 Å². The van der Waals surface area contributed by atoms with Crippen LogP contribution in [-0.2, 0) is 17.1 Å². The first kappa shape index (κ1) is 23.3. The Kier molecular flexibility index (Phi) is 44.3. The van der Waals surface area contributed by atoms with E-state index in [-0.39, 0.29) is 51.0 Å². The fourth-order valence-corrected chi connectivity index (χ4v) is 0.579. The third-order valence-corrected chi connectivity index (χ3v) is 1.12. The second kappa shape index (κ2) is 22.8. The quantitative estimate of drug-likeness (QED) is 0.328. The topological polar surface area (TPSA) is 64.1 Å². The monoisotopic (exact) mass is 352 g/mol. The van der Waals surface area contributed by atoms with Crippen LogP contribution in [0.1, 0.15) is 12.8 Å². The molecule has 3 nitrogen and oxygen atoms in total. The number of hydrogen-bond donors (Lipinski definition) is 3. The van der Waals surface area contributed by atoms with Gasteiger partial charge < -0.3 is 50.7 Å². The molecule has 0 atom stereocenters. The maximum absolute atomic E-state index is 5.28. The molecule has 0 bridgehead atoms. The summed E-state index contributed by atoms with van der Waals surface area (Å²) in [5.74, 6) is 0. The van der Waals surface area contributed by atoms with Crippen LogP contribution in [0.2, 0.25) is 0 Å². The van der Waals surface area contributed by atoms with Gasteiger partial charge in [0.2, 0.25) is 0 Å². The summed E-state index contributed by atoms with van der Waals surface area (Å²) in [5, 5.41) is 3.23. The van der Waals surface area contributed by atoms with Crippen LogP contribution in [0.25, 0.3) is 0 Å². The normalized spacial score (nSPS) is 7.50. The van der Waals surface area contributed by atoms with Gasteiger partial charge in [0, 0.05) is 0 Å². The van der Waals surface area contributed by atoms with Crippen LogP contribution in [0.5, 0.6) is 0 Å². The molecule has 5 N–H and O–H groups in total. The Hall–Kier alpha value is 1.36. The zero-order valence-corrected chi connectivity index (χ0v) is 11.1. The van der Waals surface area contributed by atoms with E-state index >= 15 is 0 Å². The molecule has 0 aliphatic carbocycles. The SMILES string of the molecule is NCCCNCCCN.[Br-].[Br-].[Cu+2]. The Morgan fingerprint density at radius 2 is 1.17 bits per heavy atom. The molecule has 0 amide bonds. The molecule has 12 heavy (non-hydrogen) atoms. The molecular weight excluding hydrogens is 337 g/mol. The van der Waals surface area contributed by atoms with Gasteiger partial charge in [-0.25, -0.2) is 0 Å². The van der Waals surface area contributed by atoms with Crippen molar-refractivity contribution in [1.82, 2.24) is 5.32 Å². The van der Waals surface area contributed by atoms with Crippen LogP contribution < -0.4 is 50.7 Å². The molecule has 0 fully saturated rings. The van der Waals surface area contributed by atoms with Crippen molar-refractivity contribution in [1.29, 1.82) is 0 Å². The van der Waals surface area contributed by atoms with Crippen molar-refractivity contribution in [2.45, 2.75) is 12.8 Å². The first-order valence-corrected chi connectivity index (χ1v) is 3.52. The molecule has 0 aromatic heterocycles. The van der Waals surface area contributed by atoms with E-state index in [4.69, 9.17) is 11.5 Å². The predicted octanol–water partition coefficient (Wildman–Crippen LogP) is -6.72. The Morgan fingerprint density at radius 1 is 0.833 bits per heavy atom. The molecule has 0 spiro atoms. The minimum Gasteiger partial charge on any atom is -1.00 e. The summed E-state index contributed by atoms with van der Waals surface area (Å²) in [7, 11) is 0. The van der Waals surface area contributed by atoms with Gasteiger partial charge >= 0.3 is 17.1 Å². The maximum atomic E-state index is 5.28. The van der Waals surface area contributed by atoms with Gasteiger partial charge in [-0.1, -0.05) is 0 Å². The Bertz CT molecular complexity index is 54.1.